The molecular formula is C14H21N5. The number of hydrogen-bond donors (Lipinski definition) is 1. The Labute approximate surface area is 113 Å². The van der Waals surface area contributed by atoms with Gasteiger partial charge in [0.05, 0.1) is 24.1 Å². The molecule has 1 fully saturated rings. The minimum atomic E-state index is 0.610. The molecule has 5 heteroatoms. The van der Waals surface area contributed by atoms with Crippen LogP contribution in [-0.4, -0.2) is 19.6 Å². The molecule has 0 spiro atoms. The first-order valence-electron chi connectivity index (χ1n) is 7.14. The van der Waals surface area contributed by atoms with Crippen molar-refractivity contribution in [3.05, 3.63) is 30.4 Å². The van der Waals surface area contributed by atoms with Gasteiger partial charge in [0.15, 0.2) is 0 Å². The largest absolute Gasteiger partial charge is 0.378 e. The Morgan fingerprint density at radius 3 is 2.79 bits per heavy atom. The predicted molar refractivity (Wildman–Crippen MR) is 75.0 cm³/mol. The lowest BCUT2D eigenvalue weighted by atomic mass is 10.3. The van der Waals surface area contributed by atoms with E-state index in [2.05, 4.69) is 39.5 Å². The van der Waals surface area contributed by atoms with E-state index in [4.69, 9.17) is 0 Å². The molecule has 1 aliphatic rings. The van der Waals surface area contributed by atoms with E-state index >= 15 is 0 Å². The lowest BCUT2D eigenvalue weighted by Crippen LogP contribution is -2.04. The molecule has 102 valence electrons. The molecule has 0 bridgehead atoms. The van der Waals surface area contributed by atoms with Gasteiger partial charge in [0.1, 0.15) is 0 Å². The fourth-order valence-electron chi connectivity index (χ4n) is 2.67. The molecule has 1 aliphatic carbocycles. The monoisotopic (exact) mass is 259 g/mol. The molecule has 0 amide bonds. The Morgan fingerprint density at radius 1 is 1.21 bits per heavy atom. The standard InChI is InChI=1S/C14H21N5/c1-2-18-10-12(8-16-18)7-15-13-9-17-19(11-13)14-5-3-4-6-14/h8-11,14-15H,2-7H2,1H3. The van der Waals surface area contributed by atoms with Crippen LogP contribution in [0.15, 0.2) is 24.8 Å². The van der Waals surface area contributed by atoms with Gasteiger partial charge < -0.3 is 5.32 Å². The van der Waals surface area contributed by atoms with Crippen LogP contribution in [0.1, 0.15) is 44.2 Å². The van der Waals surface area contributed by atoms with Crippen LogP contribution in [0.3, 0.4) is 0 Å². The molecule has 2 aromatic heterocycles. The summed E-state index contributed by atoms with van der Waals surface area (Å²) in [6.45, 7) is 3.81. The predicted octanol–water partition coefficient (Wildman–Crippen LogP) is 2.83. The lowest BCUT2D eigenvalue weighted by molar-refractivity contribution is 0.467. The average Bonchev–Trinajstić information content (AvgIpc) is 3.16. The summed E-state index contributed by atoms with van der Waals surface area (Å²) in [6.07, 6.45) is 13.2. The molecule has 0 aliphatic heterocycles. The summed E-state index contributed by atoms with van der Waals surface area (Å²) in [7, 11) is 0. The highest BCUT2D eigenvalue weighted by Crippen LogP contribution is 2.29. The summed E-state index contributed by atoms with van der Waals surface area (Å²) >= 11 is 0. The third kappa shape index (κ3) is 2.80. The second-order valence-electron chi connectivity index (χ2n) is 5.21. The molecule has 1 N–H and O–H groups in total. The molecule has 19 heavy (non-hydrogen) atoms. The zero-order valence-electron chi connectivity index (χ0n) is 11.4. The van der Waals surface area contributed by atoms with Gasteiger partial charge in [-0.2, -0.15) is 10.2 Å². The van der Waals surface area contributed by atoms with Crippen molar-refractivity contribution in [3.63, 3.8) is 0 Å². The van der Waals surface area contributed by atoms with E-state index in [0.29, 0.717) is 6.04 Å². The Kier molecular flexibility index (Phi) is 3.53. The van der Waals surface area contributed by atoms with E-state index < -0.39 is 0 Å². The molecule has 5 nitrogen and oxygen atoms in total. The number of aromatic nitrogens is 4. The second-order valence-corrected chi connectivity index (χ2v) is 5.21. The van der Waals surface area contributed by atoms with Crippen LogP contribution in [0.5, 0.6) is 0 Å². The summed E-state index contributed by atoms with van der Waals surface area (Å²) < 4.78 is 4.06. The van der Waals surface area contributed by atoms with E-state index in [-0.39, 0.29) is 0 Å². The van der Waals surface area contributed by atoms with Crippen LogP contribution in [-0.2, 0) is 13.1 Å². The molecular weight excluding hydrogens is 238 g/mol. The topological polar surface area (TPSA) is 47.7 Å². The highest BCUT2D eigenvalue weighted by atomic mass is 15.3. The van der Waals surface area contributed by atoms with E-state index in [0.717, 1.165) is 18.8 Å². The minimum absolute atomic E-state index is 0.610. The lowest BCUT2D eigenvalue weighted by Gasteiger charge is -2.08. The highest BCUT2D eigenvalue weighted by Gasteiger charge is 2.17. The number of hydrogen-bond acceptors (Lipinski definition) is 3. The zero-order valence-corrected chi connectivity index (χ0v) is 11.4. The number of anilines is 1. The number of aryl methyl sites for hydroxylation is 1. The van der Waals surface area contributed by atoms with Gasteiger partial charge in [0.25, 0.3) is 0 Å². The molecule has 2 aromatic rings. The Bertz CT molecular complexity index is 521. The maximum absolute atomic E-state index is 4.47. The molecule has 0 atom stereocenters. The third-order valence-electron chi connectivity index (χ3n) is 3.81. The van der Waals surface area contributed by atoms with Gasteiger partial charge in [0.2, 0.25) is 0 Å². The van der Waals surface area contributed by atoms with E-state index in [9.17, 15) is 0 Å². The summed E-state index contributed by atoms with van der Waals surface area (Å²) in [4.78, 5) is 0. The van der Waals surface area contributed by atoms with Crippen molar-refractivity contribution >= 4 is 5.69 Å². The van der Waals surface area contributed by atoms with E-state index in [1.54, 1.807) is 0 Å². The van der Waals surface area contributed by atoms with Gasteiger partial charge in [0, 0.05) is 31.0 Å². The van der Waals surface area contributed by atoms with Crippen LogP contribution in [0.4, 0.5) is 5.69 Å². The first kappa shape index (κ1) is 12.3. The average molecular weight is 259 g/mol. The van der Waals surface area contributed by atoms with Crippen LogP contribution in [0, 0.1) is 0 Å². The van der Waals surface area contributed by atoms with E-state index in [1.807, 2.05) is 17.1 Å². The molecule has 3 rings (SSSR count). The van der Waals surface area contributed by atoms with Crippen molar-refractivity contribution in [1.82, 2.24) is 19.6 Å². The van der Waals surface area contributed by atoms with Crippen molar-refractivity contribution in [2.45, 2.75) is 51.7 Å². The maximum atomic E-state index is 4.47. The second kappa shape index (κ2) is 5.47. The van der Waals surface area contributed by atoms with Gasteiger partial charge >= 0.3 is 0 Å². The molecule has 0 saturated heterocycles. The normalized spacial score (nSPS) is 16.1. The Morgan fingerprint density at radius 2 is 2.05 bits per heavy atom. The number of rotatable bonds is 5. The van der Waals surface area contributed by atoms with E-state index in [1.165, 1.54) is 31.2 Å². The number of nitrogens with zero attached hydrogens (tertiary/aromatic N) is 4. The van der Waals surface area contributed by atoms with Crippen molar-refractivity contribution in [3.8, 4) is 0 Å². The quantitative estimate of drug-likeness (QED) is 0.898. The first-order valence-corrected chi connectivity index (χ1v) is 7.14. The van der Waals surface area contributed by atoms with Crippen LogP contribution in [0.2, 0.25) is 0 Å². The van der Waals surface area contributed by atoms with Crippen LogP contribution < -0.4 is 5.32 Å². The van der Waals surface area contributed by atoms with Gasteiger partial charge in [-0.25, -0.2) is 0 Å². The molecule has 1 saturated carbocycles. The van der Waals surface area contributed by atoms with Crippen molar-refractivity contribution in [2.75, 3.05) is 5.32 Å². The highest BCUT2D eigenvalue weighted by molar-refractivity contribution is 5.38. The summed E-state index contributed by atoms with van der Waals surface area (Å²) in [5.41, 5.74) is 2.30. The van der Waals surface area contributed by atoms with Gasteiger partial charge in [-0.05, 0) is 19.8 Å². The summed E-state index contributed by atoms with van der Waals surface area (Å²) in [6, 6.07) is 0.610. The smallest absolute Gasteiger partial charge is 0.0729 e. The molecule has 0 unspecified atom stereocenters. The third-order valence-corrected chi connectivity index (χ3v) is 3.81. The Balaban J connectivity index is 1.57. The fourth-order valence-corrected chi connectivity index (χ4v) is 2.67. The van der Waals surface area contributed by atoms with Crippen LogP contribution >= 0.6 is 0 Å². The summed E-state index contributed by atoms with van der Waals surface area (Å²) in [5.74, 6) is 0. The SMILES string of the molecule is CCn1cc(CNc2cnn(C3CCCC3)c2)cn1. The van der Waals surface area contributed by atoms with Gasteiger partial charge in [-0.15, -0.1) is 0 Å². The fraction of sp³-hybridized carbons (Fsp3) is 0.571. The summed E-state index contributed by atoms with van der Waals surface area (Å²) in [5, 5.41) is 12.1. The molecule has 2 heterocycles. The number of nitrogens with one attached hydrogen (secondary N) is 1. The van der Waals surface area contributed by atoms with Crippen molar-refractivity contribution in [2.24, 2.45) is 0 Å². The van der Waals surface area contributed by atoms with Crippen molar-refractivity contribution in [1.29, 1.82) is 0 Å². The van der Waals surface area contributed by atoms with Gasteiger partial charge in [-0.1, -0.05) is 12.8 Å². The maximum Gasteiger partial charge on any atom is 0.0729 e. The first-order chi connectivity index (χ1) is 9.35. The minimum Gasteiger partial charge on any atom is -0.378 e. The Hall–Kier alpha value is -1.78. The van der Waals surface area contributed by atoms with Crippen molar-refractivity contribution < 1.29 is 0 Å². The zero-order chi connectivity index (χ0) is 13.1. The molecule has 0 radical (unpaired) electrons. The van der Waals surface area contributed by atoms with Crippen LogP contribution in [0.25, 0.3) is 0 Å². The molecule has 0 aromatic carbocycles. The van der Waals surface area contributed by atoms with Gasteiger partial charge in [-0.3, -0.25) is 9.36 Å².